The first-order valence-corrected chi connectivity index (χ1v) is 6.20. The van der Waals surface area contributed by atoms with E-state index in [4.69, 9.17) is 23.8 Å². The summed E-state index contributed by atoms with van der Waals surface area (Å²) in [7, 11) is 0. The van der Waals surface area contributed by atoms with Gasteiger partial charge in [-0.15, -0.1) is 0 Å². The molecule has 1 aromatic carbocycles. The van der Waals surface area contributed by atoms with Crippen molar-refractivity contribution in [2.75, 3.05) is 5.32 Å². The van der Waals surface area contributed by atoms with Crippen LogP contribution in [0.4, 0.5) is 10.1 Å². The third-order valence-corrected chi connectivity index (χ3v) is 4.28. The summed E-state index contributed by atoms with van der Waals surface area (Å²) in [6.07, 6.45) is 2.26. The fourth-order valence-corrected chi connectivity index (χ4v) is 3.34. The second-order valence-electron chi connectivity index (χ2n) is 4.49. The molecule has 4 heteroatoms. The molecule has 16 heavy (non-hydrogen) atoms. The molecular formula is C12H11ClFNS. The van der Waals surface area contributed by atoms with E-state index in [0.29, 0.717) is 16.4 Å². The highest BCUT2D eigenvalue weighted by Gasteiger charge is 2.51. The Morgan fingerprint density at radius 1 is 1.50 bits per heavy atom. The largest absolute Gasteiger partial charge is 0.347 e. The molecule has 1 aliphatic carbocycles. The van der Waals surface area contributed by atoms with Gasteiger partial charge in [-0.2, -0.15) is 0 Å². The van der Waals surface area contributed by atoms with Gasteiger partial charge in [-0.1, -0.05) is 23.8 Å². The molecule has 0 bridgehead atoms. The Balaban J connectivity index is 2.17. The highest BCUT2D eigenvalue weighted by Crippen LogP contribution is 2.51. The summed E-state index contributed by atoms with van der Waals surface area (Å²) in [6.45, 7) is 0. The van der Waals surface area contributed by atoms with Crippen LogP contribution in [0.3, 0.4) is 0 Å². The summed E-state index contributed by atoms with van der Waals surface area (Å²) < 4.78 is 14.7. The van der Waals surface area contributed by atoms with E-state index in [9.17, 15) is 4.39 Å². The summed E-state index contributed by atoms with van der Waals surface area (Å²) in [5.74, 6) is -0.116. The Morgan fingerprint density at radius 3 is 3.12 bits per heavy atom. The number of fused-ring (bicyclic) bond motifs is 3. The molecule has 0 saturated heterocycles. The first-order chi connectivity index (χ1) is 7.61. The number of thiocarbonyl (C=S) groups is 1. The van der Waals surface area contributed by atoms with Gasteiger partial charge in [-0.05, 0) is 43.0 Å². The second kappa shape index (κ2) is 3.41. The minimum Gasteiger partial charge on any atom is -0.347 e. The Morgan fingerprint density at radius 2 is 2.31 bits per heavy atom. The number of nitrogens with one attached hydrogen (secondary N) is 1. The van der Waals surface area contributed by atoms with E-state index in [1.807, 2.05) is 12.1 Å². The van der Waals surface area contributed by atoms with E-state index < -0.39 is 5.67 Å². The van der Waals surface area contributed by atoms with Crippen LogP contribution in [0.5, 0.6) is 0 Å². The molecule has 1 aliphatic heterocycles. The third kappa shape index (κ3) is 1.31. The number of anilines is 1. The number of halogens is 2. The highest BCUT2D eigenvalue weighted by atomic mass is 35.5. The normalized spacial score (nSPS) is 31.9. The van der Waals surface area contributed by atoms with Gasteiger partial charge in [0.05, 0.1) is 0 Å². The van der Waals surface area contributed by atoms with Crippen molar-refractivity contribution >= 4 is 34.5 Å². The smallest absolute Gasteiger partial charge is 0.167 e. The molecule has 1 heterocycles. The van der Waals surface area contributed by atoms with E-state index in [0.717, 1.165) is 24.1 Å². The molecule has 84 valence electrons. The molecular weight excluding hydrogens is 245 g/mol. The van der Waals surface area contributed by atoms with Crippen LogP contribution in [0.2, 0.25) is 5.02 Å². The molecule has 0 aromatic heterocycles. The monoisotopic (exact) mass is 255 g/mol. The molecule has 0 radical (unpaired) electrons. The topological polar surface area (TPSA) is 12.0 Å². The number of hydrogen-bond acceptors (Lipinski definition) is 1. The standard InChI is InChI=1S/C12H11ClFNS/c13-7-3-4-10-8(6-7)9-2-1-5-12(9,14)11(16)15-10/h3-4,6,9H,1-2,5H2,(H,15,16). The highest BCUT2D eigenvalue weighted by molar-refractivity contribution is 7.80. The van der Waals surface area contributed by atoms with Crippen molar-refractivity contribution in [3.8, 4) is 0 Å². The van der Waals surface area contributed by atoms with Gasteiger partial charge in [-0.25, -0.2) is 4.39 Å². The maximum atomic E-state index is 14.7. The number of benzene rings is 1. The Bertz CT molecular complexity index is 476. The van der Waals surface area contributed by atoms with Gasteiger partial charge in [0.1, 0.15) is 4.99 Å². The summed E-state index contributed by atoms with van der Waals surface area (Å²) >= 11 is 11.1. The lowest BCUT2D eigenvalue weighted by Crippen LogP contribution is -2.43. The summed E-state index contributed by atoms with van der Waals surface area (Å²) in [5, 5.41) is 3.65. The van der Waals surface area contributed by atoms with Crippen LogP contribution in [-0.4, -0.2) is 10.7 Å². The van der Waals surface area contributed by atoms with Gasteiger partial charge in [-0.3, -0.25) is 0 Å². The minimum absolute atomic E-state index is 0.116. The first-order valence-electron chi connectivity index (χ1n) is 5.41. The van der Waals surface area contributed by atoms with Crippen molar-refractivity contribution in [1.29, 1.82) is 0 Å². The average molecular weight is 256 g/mol. The lowest BCUT2D eigenvalue weighted by atomic mass is 9.82. The van der Waals surface area contributed by atoms with Gasteiger partial charge >= 0.3 is 0 Å². The lowest BCUT2D eigenvalue weighted by Gasteiger charge is -2.35. The summed E-state index contributed by atoms with van der Waals surface area (Å²) in [4.78, 5) is 0.338. The van der Waals surface area contributed by atoms with Crippen molar-refractivity contribution in [2.24, 2.45) is 0 Å². The van der Waals surface area contributed by atoms with Crippen molar-refractivity contribution in [3.63, 3.8) is 0 Å². The second-order valence-corrected chi connectivity index (χ2v) is 5.34. The Kier molecular flexibility index (Phi) is 2.23. The molecule has 1 aromatic rings. The Labute approximate surface area is 104 Å². The fourth-order valence-electron chi connectivity index (χ4n) is 2.80. The molecule has 0 spiro atoms. The molecule has 1 nitrogen and oxygen atoms in total. The lowest BCUT2D eigenvalue weighted by molar-refractivity contribution is 0.237. The maximum absolute atomic E-state index is 14.7. The van der Waals surface area contributed by atoms with Gasteiger partial charge in [0.2, 0.25) is 0 Å². The molecule has 3 rings (SSSR count). The molecule has 0 amide bonds. The van der Waals surface area contributed by atoms with Crippen molar-refractivity contribution in [3.05, 3.63) is 28.8 Å². The van der Waals surface area contributed by atoms with Crippen molar-refractivity contribution in [2.45, 2.75) is 30.8 Å². The van der Waals surface area contributed by atoms with E-state index in [1.165, 1.54) is 0 Å². The van der Waals surface area contributed by atoms with Crippen LogP contribution in [-0.2, 0) is 0 Å². The van der Waals surface area contributed by atoms with Crippen LogP contribution < -0.4 is 5.32 Å². The van der Waals surface area contributed by atoms with Crippen LogP contribution >= 0.6 is 23.8 Å². The molecule has 2 atom stereocenters. The van der Waals surface area contributed by atoms with E-state index in [-0.39, 0.29) is 5.92 Å². The third-order valence-electron chi connectivity index (χ3n) is 3.60. The van der Waals surface area contributed by atoms with Crippen LogP contribution in [0.25, 0.3) is 0 Å². The molecule has 2 aliphatic rings. The number of alkyl halides is 1. The zero-order chi connectivity index (χ0) is 11.3. The molecule has 1 saturated carbocycles. The predicted molar refractivity (Wildman–Crippen MR) is 68.1 cm³/mol. The van der Waals surface area contributed by atoms with Gasteiger partial charge in [0.15, 0.2) is 5.67 Å². The first kappa shape index (κ1) is 10.5. The molecule has 1 N–H and O–H groups in total. The van der Waals surface area contributed by atoms with Crippen molar-refractivity contribution in [1.82, 2.24) is 0 Å². The van der Waals surface area contributed by atoms with Crippen LogP contribution in [0.15, 0.2) is 18.2 Å². The van der Waals surface area contributed by atoms with E-state index in [1.54, 1.807) is 6.07 Å². The zero-order valence-electron chi connectivity index (χ0n) is 8.59. The van der Waals surface area contributed by atoms with Crippen LogP contribution in [0, 0.1) is 0 Å². The summed E-state index contributed by atoms with van der Waals surface area (Å²) in [5.41, 5.74) is 0.531. The summed E-state index contributed by atoms with van der Waals surface area (Å²) in [6, 6.07) is 5.54. The fraction of sp³-hybridized carbons (Fsp3) is 0.417. The van der Waals surface area contributed by atoms with Gasteiger partial charge in [0, 0.05) is 16.6 Å². The number of hydrogen-bond donors (Lipinski definition) is 1. The van der Waals surface area contributed by atoms with Crippen LogP contribution in [0.1, 0.15) is 30.7 Å². The van der Waals surface area contributed by atoms with Gasteiger partial charge < -0.3 is 5.32 Å². The average Bonchev–Trinajstić information content (AvgIpc) is 2.64. The minimum atomic E-state index is -1.35. The number of rotatable bonds is 0. The van der Waals surface area contributed by atoms with Gasteiger partial charge in [0.25, 0.3) is 0 Å². The predicted octanol–water partition coefficient (Wildman–Crippen LogP) is 4.07. The Hall–Kier alpha value is -0.670. The molecule has 2 unspecified atom stereocenters. The van der Waals surface area contributed by atoms with E-state index >= 15 is 0 Å². The zero-order valence-corrected chi connectivity index (χ0v) is 10.2. The SMILES string of the molecule is FC12CCCC1c1cc(Cl)ccc1NC2=S. The molecule has 1 fully saturated rings. The maximum Gasteiger partial charge on any atom is 0.167 e. The van der Waals surface area contributed by atoms with E-state index in [2.05, 4.69) is 5.32 Å². The quantitative estimate of drug-likeness (QED) is 0.702. The van der Waals surface area contributed by atoms with Crippen molar-refractivity contribution < 1.29 is 4.39 Å².